The molecule has 0 N–H and O–H groups in total. The largest absolute Gasteiger partial charge is 0.303 e. The first kappa shape index (κ1) is 8.81. The van der Waals surface area contributed by atoms with Crippen molar-refractivity contribution < 1.29 is 4.79 Å². The zero-order valence-electron chi connectivity index (χ0n) is 7.68. The number of aryl methyl sites for hydroxylation is 1. The molecule has 70 valence electrons. The number of nitrogens with zero attached hydrogens (tertiary/aromatic N) is 2. The molecule has 14 heavy (non-hydrogen) atoms. The summed E-state index contributed by atoms with van der Waals surface area (Å²) in [5, 5.41) is 9.76. The predicted molar refractivity (Wildman–Crippen MR) is 53.9 cm³/mol. The van der Waals surface area contributed by atoms with Gasteiger partial charge < -0.3 is 4.79 Å². The summed E-state index contributed by atoms with van der Waals surface area (Å²) in [4.78, 5) is 10.2. The molecular formula is C11H10N2O. The van der Waals surface area contributed by atoms with E-state index < -0.39 is 0 Å². The monoisotopic (exact) mass is 186 g/mol. The third kappa shape index (κ3) is 1.76. The highest BCUT2D eigenvalue weighted by atomic mass is 16.1. The summed E-state index contributed by atoms with van der Waals surface area (Å²) in [5.74, 6) is 0. The quantitative estimate of drug-likeness (QED) is 0.686. The van der Waals surface area contributed by atoms with Crippen molar-refractivity contribution >= 4 is 17.1 Å². The smallest absolute Gasteiger partial charge is 0.120 e. The van der Waals surface area contributed by atoms with E-state index in [1.54, 1.807) is 12.4 Å². The summed E-state index contributed by atoms with van der Waals surface area (Å²) in [6.07, 6.45) is 5.78. The number of hydrogen-bond donors (Lipinski definition) is 0. The highest BCUT2D eigenvalue weighted by molar-refractivity contribution is 5.81. The number of hydrogen-bond acceptors (Lipinski definition) is 3. The summed E-state index contributed by atoms with van der Waals surface area (Å²) in [7, 11) is 0. The van der Waals surface area contributed by atoms with Crippen LogP contribution in [0.1, 0.15) is 12.0 Å². The van der Waals surface area contributed by atoms with Crippen LogP contribution in [0.4, 0.5) is 0 Å². The number of benzene rings is 1. The van der Waals surface area contributed by atoms with Crippen LogP contribution in [0.5, 0.6) is 0 Å². The molecule has 0 atom stereocenters. The van der Waals surface area contributed by atoms with Gasteiger partial charge in [0, 0.05) is 17.2 Å². The normalized spacial score (nSPS) is 10.3. The number of aromatic nitrogens is 2. The molecule has 0 unspecified atom stereocenters. The molecule has 0 bridgehead atoms. The van der Waals surface area contributed by atoms with Crippen LogP contribution >= 0.6 is 0 Å². The molecule has 1 aromatic heterocycles. The maximum atomic E-state index is 10.2. The maximum absolute atomic E-state index is 10.2. The first-order chi connectivity index (χ1) is 6.90. The van der Waals surface area contributed by atoms with E-state index >= 15 is 0 Å². The number of carbonyl (C=O) groups is 1. The lowest BCUT2D eigenvalue weighted by Gasteiger charge is -1.99. The molecule has 2 aromatic rings. The molecule has 0 aliphatic carbocycles. The van der Waals surface area contributed by atoms with E-state index in [1.165, 1.54) is 0 Å². The summed E-state index contributed by atoms with van der Waals surface area (Å²) in [5.41, 5.74) is 1.16. The average molecular weight is 186 g/mol. The van der Waals surface area contributed by atoms with Crippen LogP contribution in [0.2, 0.25) is 0 Å². The van der Waals surface area contributed by atoms with E-state index in [0.29, 0.717) is 6.42 Å². The van der Waals surface area contributed by atoms with Gasteiger partial charge in [-0.15, -0.1) is 0 Å². The Balaban J connectivity index is 2.36. The summed E-state index contributed by atoms with van der Waals surface area (Å²) < 4.78 is 0. The predicted octanol–water partition coefficient (Wildman–Crippen LogP) is 1.76. The zero-order chi connectivity index (χ0) is 9.80. The Labute approximate surface area is 81.8 Å². The van der Waals surface area contributed by atoms with Gasteiger partial charge in [-0.1, -0.05) is 12.1 Å². The Morgan fingerprint density at radius 3 is 2.71 bits per heavy atom. The molecule has 3 nitrogen and oxygen atoms in total. The number of aldehydes is 1. The van der Waals surface area contributed by atoms with Crippen molar-refractivity contribution in [3.05, 3.63) is 36.2 Å². The topological polar surface area (TPSA) is 42.9 Å². The third-order valence-corrected chi connectivity index (χ3v) is 2.16. The fourth-order valence-corrected chi connectivity index (χ4v) is 1.43. The fourth-order valence-electron chi connectivity index (χ4n) is 1.43. The SMILES string of the molecule is O=CCCc1ccc2cnncc2c1. The Kier molecular flexibility index (Phi) is 2.49. The van der Waals surface area contributed by atoms with Gasteiger partial charge >= 0.3 is 0 Å². The molecule has 0 saturated carbocycles. The summed E-state index contributed by atoms with van der Waals surface area (Å²) in [6.45, 7) is 0. The van der Waals surface area contributed by atoms with Crippen LogP contribution in [0.25, 0.3) is 10.8 Å². The van der Waals surface area contributed by atoms with Gasteiger partial charge in [-0.2, -0.15) is 10.2 Å². The number of carbonyl (C=O) groups excluding carboxylic acids is 1. The Morgan fingerprint density at radius 2 is 1.93 bits per heavy atom. The lowest BCUT2D eigenvalue weighted by molar-refractivity contribution is -0.107. The second-order valence-corrected chi connectivity index (χ2v) is 3.16. The van der Waals surface area contributed by atoms with Gasteiger partial charge in [-0.25, -0.2) is 0 Å². The highest BCUT2D eigenvalue weighted by Crippen LogP contribution is 2.14. The van der Waals surface area contributed by atoms with Crippen molar-refractivity contribution in [3.8, 4) is 0 Å². The molecule has 1 aromatic carbocycles. The minimum atomic E-state index is 0.573. The van der Waals surface area contributed by atoms with Crippen LogP contribution in [-0.2, 0) is 11.2 Å². The molecule has 0 aliphatic heterocycles. The molecule has 0 fully saturated rings. The van der Waals surface area contributed by atoms with Crippen molar-refractivity contribution in [2.24, 2.45) is 0 Å². The summed E-state index contributed by atoms with van der Waals surface area (Å²) in [6, 6.07) is 6.07. The molecule has 0 saturated heterocycles. The van der Waals surface area contributed by atoms with Gasteiger partial charge in [0.1, 0.15) is 6.29 Å². The van der Waals surface area contributed by atoms with E-state index in [1.807, 2.05) is 18.2 Å². The maximum Gasteiger partial charge on any atom is 0.120 e. The number of rotatable bonds is 3. The second-order valence-electron chi connectivity index (χ2n) is 3.16. The Morgan fingerprint density at radius 1 is 1.14 bits per heavy atom. The van der Waals surface area contributed by atoms with Crippen molar-refractivity contribution in [2.45, 2.75) is 12.8 Å². The molecule has 0 spiro atoms. The first-order valence-corrected chi connectivity index (χ1v) is 4.53. The van der Waals surface area contributed by atoms with Gasteiger partial charge in [-0.05, 0) is 18.1 Å². The van der Waals surface area contributed by atoms with Crippen molar-refractivity contribution in [2.75, 3.05) is 0 Å². The molecule has 0 radical (unpaired) electrons. The van der Waals surface area contributed by atoms with Crippen LogP contribution < -0.4 is 0 Å². The fraction of sp³-hybridized carbons (Fsp3) is 0.182. The molecule has 0 aliphatic rings. The van der Waals surface area contributed by atoms with E-state index in [4.69, 9.17) is 0 Å². The van der Waals surface area contributed by atoms with Gasteiger partial charge in [0.25, 0.3) is 0 Å². The second kappa shape index (κ2) is 3.96. The average Bonchev–Trinajstić information content (AvgIpc) is 2.26. The number of fused-ring (bicyclic) bond motifs is 1. The van der Waals surface area contributed by atoms with Crippen molar-refractivity contribution in [1.29, 1.82) is 0 Å². The van der Waals surface area contributed by atoms with Crippen LogP contribution in [-0.4, -0.2) is 16.5 Å². The lowest BCUT2D eigenvalue weighted by atomic mass is 10.1. The minimum absolute atomic E-state index is 0.573. The molecule has 0 amide bonds. The third-order valence-electron chi connectivity index (χ3n) is 2.16. The molecule has 3 heteroatoms. The summed E-state index contributed by atoms with van der Waals surface area (Å²) >= 11 is 0. The Hall–Kier alpha value is -1.77. The van der Waals surface area contributed by atoms with E-state index in [0.717, 1.165) is 29.0 Å². The standard InChI is InChI=1S/C11H10N2O/c14-5-1-2-9-3-4-10-7-12-13-8-11(10)6-9/h3-8H,1-2H2. The highest BCUT2D eigenvalue weighted by Gasteiger charge is 1.96. The van der Waals surface area contributed by atoms with Gasteiger partial charge in [0.2, 0.25) is 0 Å². The van der Waals surface area contributed by atoms with E-state index in [9.17, 15) is 4.79 Å². The molecule has 2 rings (SSSR count). The molecule has 1 heterocycles. The first-order valence-electron chi connectivity index (χ1n) is 4.53. The molecular weight excluding hydrogens is 176 g/mol. The van der Waals surface area contributed by atoms with Crippen molar-refractivity contribution in [3.63, 3.8) is 0 Å². The van der Waals surface area contributed by atoms with E-state index in [-0.39, 0.29) is 0 Å². The van der Waals surface area contributed by atoms with Crippen LogP contribution in [0, 0.1) is 0 Å². The minimum Gasteiger partial charge on any atom is -0.303 e. The van der Waals surface area contributed by atoms with Crippen LogP contribution in [0.15, 0.2) is 30.6 Å². The van der Waals surface area contributed by atoms with E-state index in [2.05, 4.69) is 10.2 Å². The van der Waals surface area contributed by atoms with Gasteiger partial charge in [0.05, 0.1) is 12.4 Å². The van der Waals surface area contributed by atoms with Gasteiger partial charge in [0.15, 0.2) is 0 Å². The Bertz CT molecular complexity index is 454. The lowest BCUT2D eigenvalue weighted by Crippen LogP contribution is -1.87. The van der Waals surface area contributed by atoms with Crippen molar-refractivity contribution in [1.82, 2.24) is 10.2 Å². The van der Waals surface area contributed by atoms with Gasteiger partial charge in [-0.3, -0.25) is 0 Å². The van der Waals surface area contributed by atoms with Crippen LogP contribution in [0.3, 0.4) is 0 Å². The zero-order valence-corrected chi connectivity index (χ0v) is 7.68.